The molecule has 1 aromatic carbocycles. The molecule has 144 valence electrons. The predicted octanol–water partition coefficient (Wildman–Crippen LogP) is 2.93. The van der Waals surface area contributed by atoms with Crippen molar-refractivity contribution in [2.45, 2.75) is 45.1 Å². The number of carbonyl (C=O) groups is 1. The Hall–Kier alpha value is -1.30. The molecule has 2 aliphatic heterocycles. The lowest BCUT2D eigenvalue weighted by Crippen LogP contribution is -2.55. The smallest absolute Gasteiger partial charge is 0.253 e. The molecule has 5 nitrogen and oxygen atoms in total. The second-order valence-corrected chi connectivity index (χ2v) is 8.07. The number of anilines is 1. The highest BCUT2D eigenvalue weighted by Crippen LogP contribution is 2.36. The number of rotatable bonds is 5. The van der Waals surface area contributed by atoms with Gasteiger partial charge in [-0.25, -0.2) is 0 Å². The van der Waals surface area contributed by atoms with Crippen LogP contribution in [-0.4, -0.2) is 59.9 Å². The number of halogens is 1. The molecule has 2 fully saturated rings. The van der Waals surface area contributed by atoms with Crippen molar-refractivity contribution in [3.8, 4) is 0 Å². The summed E-state index contributed by atoms with van der Waals surface area (Å²) in [5.74, 6) is -0.0827. The van der Waals surface area contributed by atoms with Gasteiger partial charge in [-0.2, -0.15) is 0 Å². The van der Waals surface area contributed by atoms with Gasteiger partial charge in [0.2, 0.25) is 0 Å². The minimum Gasteiger partial charge on any atom is -0.396 e. The van der Waals surface area contributed by atoms with E-state index in [0.29, 0.717) is 36.5 Å². The first-order valence-electron chi connectivity index (χ1n) is 9.63. The molecule has 1 amide bonds. The molecule has 0 spiro atoms. The molecule has 0 aliphatic carbocycles. The minimum absolute atomic E-state index is 0.0827. The van der Waals surface area contributed by atoms with E-state index in [1.807, 2.05) is 19.1 Å². The Morgan fingerprint density at radius 1 is 1.31 bits per heavy atom. The van der Waals surface area contributed by atoms with Crippen LogP contribution in [0.4, 0.5) is 5.69 Å². The Morgan fingerprint density at radius 3 is 2.65 bits per heavy atom. The van der Waals surface area contributed by atoms with Crippen molar-refractivity contribution in [2.75, 3.05) is 37.7 Å². The zero-order valence-electron chi connectivity index (χ0n) is 15.5. The summed E-state index contributed by atoms with van der Waals surface area (Å²) in [6.07, 6.45) is 3.82. The van der Waals surface area contributed by atoms with Crippen LogP contribution in [0.15, 0.2) is 18.2 Å². The lowest BCUT2D eigenvalue weighted by atomic mass is 9.74. The molecule has 0 radical (unpaired) electrons. The van der Waals surface area contributed by atoms with Crippen LogP contribution in [-0.2, 0) is 0 Å². The Labute approximate surface area is 160 Å². The predicted molar refractivity (Wildman–Crippen MR) is 104 cm³/mol. The highest BCUT2D eigenvalue weighted by molar-refractivity contribution is 6.33. The Balaban J connectivity index is 1.77. The third kappa shape index (κ3) is 3.71. The van der Waals surface area contributed by atoms with Gasteiger partial charge in [0.15, 0.2) is 0 Å². The molecule has 3 rings (SSSR count). The van der Waals surface area contributed by atoms with Gasteiger partial charge < -0.3 is 20.0 Å². The normalized spacial score (nSPS) is 26.4. The average molecular weight is 381 g/mol. The van der Waals surface area contributed by atoms with Gasteiger partial charge in [0, 0.05) is 37.2 Å². The number of hydrogen-bond donors (Lipinski definition) is 2. The average Bonchev–Trinajstić information content (AvgIpc) is 3.17. The lowest BCUT2D eigenvalue weighted by molar-refractivity contribution is -0.0720. The van der Waals surface area contributed by atoms with E-state index in [1.165, 1.54) is 12.8 Å². The van der Waals surface area contributed by atoms with E-state index < -0.39 is 11.5 Å². The summed E-state index contributed by atoms with van der Waals surface area (Å²) >= 11 is 6.46. The molecule has 2 heterocycles. The molecule has 2 saturated heterocycles. The van der Waals surface area contributed by atoms with E-state index in [9.17, 15) is 15.0 Å². The Bertz CT molecular complexity index is 648. The fourth-order valence-electron chi connectivity index (χ4n) is 4.34. The maximum Gasteiger partial charge on any atom is 0.253 e. The molecule has 0 saturated carbocycles. The highest BCUT2D eigenvalue weighted by atomic mass is 35.5. The standard InChI is InChI=1S/C20H29ClN2O3/c1-2-8-20(14-24)13-23(11-7-18(20)25)19(26)15-5-6-17(16(21)12-15)22-9-3-4-10-22/h5-6,12,18,24-25H,2-4,7-11,13-14H2,1H3/t18-,20-/m0/s1. The second kappa shape index (κ2) is 8.15. The van der Waals surface area contributed by atoms with Crippen molar-refractivity contribution in [2.24, 2.45) is 5.41 Å². The summed E-state index contributed by atoms with van der Waals surface area (Å²) in [6.45, 7) is 4.81. The van der Waals surface area contributed by atoms with Gasteiger partial charge in [0.25, 0.3) is 5.91 Å². The zero-order valence-corrected chi connectivity index (χ0v) is 16.2. The maximum atomic E-state index is 13.0. The van der Waals surface area contributed by atoms with Gasteiger partial charge in [-0.1, -0.05) is 24.9 Å². The highest BCUT2D eigenvalue weighted by Gasteiger charge is 2.43. The summed E-state index contributed by atoms with van der Waals surface area (Å²) in [5.41, 5.74) is 0.935. The molecule has 6 heteroatoms. The van der Waals surface area contributed by atoms with Crippen LogP contribution in [0.25, 0.3) is 0 Å². The van der Waals surface area contributed by atoms with Gasteiger partial charge in [-0.15, -0.1) is 0 Å². The molecule has 2 atom stereocenters. The first kappa shape index (κ1) is 19.5. The van der Waals surface area contributed by atoms with Crippen LogP contribution in [0.3, 0.4) is 0 Å². The number of piperidine rings is 1. The van der Waals surface area contributed by atoms with E-state index in [2.05, 4.69) is 4.90 Å². The topological polar surface area (TPSA) is 64.0 Å². The van der Waals surface area contributed by atoms with Crippen LogP contribution in [0.5, 0.6) is 0 Å². The minimum atomic E-state index is -0.623. The number of hydrogen-bond acceptors (Lipinski definition) is 4. The Morgan fingerprint density at radius 2 is 2.04 bits per heavy atom. The molecule has 26 heavy (non-hydrogen) atoms. The number of aliphatic hydroxyl groups excluding tert-OH is 2. The molecule has 2 N–H and O–H groups in total. The van der Waals surface area contributed by atoms with Crippen molar-refractivity contribution in [3.63, 3.8) is 0 Å². The fourth-order valence-corrected chi connectivity index (χ4v) is 4.64. The molecule has 0 unspecified atom stereocenters. The van der Waals surface area contributed by atoms with E-state index in [0.717, 1.165) is 25.2 Å². The number of likely N-dealkylation sites (tertiary alicyclic amines) is 1. The SMILES string of the molecule is CCC[C@@]1(CO)CN(C(=O)c2ccc(N3CCCC3)c(Cl)c2)CC[C@@H]1O. The van der Waals surface area contributed by atoms with Crippen LogP contribution >= 0.6 is 11.6 Å². The summed E-state index contributed by atoms with van der Waals surface area (Å²) < 4.78 is 0. The molecule has 0 aromatic heterocycles. The molecule has 2 aliphatic rings. The number of benzene rings is 1. The third-order valence-corrected chi connectivity index (χ3v) is 6.18. The number of amides is 1. The van der Waals surface area contributed by atoms with Gasteiger partial charge in [-0.05, 0) is 43.9 Å². The molecular formula is C20H29ClN2O3. The van der Waals surface area contributed by atoms with Gasteiger partial charge >= 0.3 is 0 Å². The van der Waals surface area contributed by atoms with Crippen LogP contribution in [0.2, 0.25) is 5.02 Å². The second-order valence-electron chi connectivity index (χ2n) is 7.66. The summed E-state index contributed by atoms with van der Waals surface area (Å²) in [5, 5.41) is 20.9. The summed E-state index contributed by atoms with van der Waals surface area (Å²) in [4.78, 5) is 17.0. The van der Waals surface area contributed by atoms with Crippen molar-refractivity contribution in [1.29, 1.82) is 0 Å². The lowest BCUT2D eigenvalue weighted by Gasteiger charge is -2.45. The number of aliphatic hydroxyl groups is 2. The van der Waals surface area contributed by atoms with E-state index >= 15 is 0 Å². The van der Waals surface area contributed by atoms with Crippen LogP contribution < -0.4 is 4.90 Å². The zero-order chi connectivity index (χ0) is 18.7. The van der Waals surface area contributed by atoms with Crippen LogP contribution in [0, 0.1) is 5.41 Å². The van der Waals surface area contributed by atoms with Crippen molar-refractivity contribution < 1.29 is 15.0 Å². The first-order chi connectivity index (χ1) is 12.5. The van der Waals surface area contributed by atoms with Gasteiger partial charge in [0.1, 0.15) is 0 Å². The summed E-state index contributed by atoms with van der Waals surface area (Å²) in [7, 11) is 0. The van der Waals surface area contributed by atoms with Gasteiger partial charge in [0.05, 0.1) is 23.4 Å². The molecular weight excluding hydrogens is 352 g/mol. The third-order valence-electron chi connectivity index (χ3n) is 5.88. The monoisotopic (exact) mass is 380 g/mol. The van der Waals surface area contributed by atoms with Gasteiger partial charge in [-0.3, -0.25) is 4.79 Å². The van der Waals surface area contributed by atoms with E-state index in [1.54, 1.807) is 11.0 Å². The number of carbonyl (C=O) groups excluding carboxylic acids is 1. The fraction of sp³-hybridized carbons (Fsp3) is 0.650. The largest absolute Gasteiger partial charge is 0.396 e. The van der Waals surface area contributed by atoms with E-state index in [4.69, 9.17) is 11.6 Å². The van der Waals surface area contributed by atoms with Crippen molar-refractivity contribution in [3.05, 3.63) is 28.8 Å². The van der Waals surface area contributed by atoms with Crippen molar-refractivity contribution in [1.82, 2.24) is 4.90 Å². The molecule has 0 bridgehead atoms. The van der Waals surface area contributed by atoms with Crippen molar-refractivity contribution >= 4 is 23.2 Å². The summed E-state index contributed by atoms with van der Waals surface area (Å²) in [6, 6.07) is 5.53. The van der Waals surface area contributed by atoms with E-state index in [-0.39, 0.29) is 12.5 Å². The quantitative estimate of drug-likeness (QED) is 0.824. The molecule has 1 aromatic rings. The Kier molecular flexibility index (Phi) is 6.10. The van der Waals surface area contributed by atoms with Crippen LogP contribution in [0.1, 0.15) is 49.4 Å². The number of nitrogens with zero attached hydrogens (tertiary/aromatic N) is 2. The first-order valence-corrected chi connectivity index (χ1v) is 10.0. The maximum absolute atomic E-state index is 13.0.